The highest BCUT2D eigenvalue weighted by Crippen LogP contribution is 2.31. The van der Waals surface area contributed by atoms with E-state index in [0.29, 0.717) is 5.56 Å². The molecule has 0 spiro atoms. The van der Waals surface area contributed by atoms with Crippen molar-refractivity contribution in [2.45, 2.75) is 6.43 Å². The van der Waals surface area contributed by atoms with Crippen LogP contribution < -0.4 is 0 Å². The maximum Gasteiger partial charge on any atom is 0.358 e. The number of halogens is 3. The number of aromatic nitrogens is 1. The van der Waals surface area contributed by atoms with Crippen LogP contribution in [-0.4, -0.2) is 16.2 Å². The quantitative estimate of drug-likeness (QED) is 0.936. The highest BCUT2D eigenvalue weighted by molar-refractivity contribution is 9.10. The molecule has 0 unspecified atom stereocenters. The topological polar surface area (TPSA) is 63.3 Å². The van der Waals surface area contributed by atoms with Gasteiger partial charge in [0.25, 0.3) is 6.43 Å². The monoisotopic (exact) mass is 317 g/mol. The van der Waals surface area contributed by atoms with E-state index < -0.39 is 12.4 Å². The van der Waals surface area contributed by atoms with Crippen molar-refractivity contribution in [3.8, 4) is 11.3 Å². The van der Waals surface area contributed by atoms with Crippen molar-refractivity contribution in [2.24, 2.45) is 0 Å². The highest BCUT2D eigenvalue weighted by Gasteiger charge is 2.15. The molecular weight excluding hydrogens is 312 g/mol. The van der Waals surface area contributed by atoms with Crippen molar-refractivity contribution in [2.75, 3.05) is 0 Å². The molecule has 1 heterocycles. The molecule has 0 aliphatic rings. The maximum atomic E-state index is 12.5. The molecule has 4 nitrogen and oxygen atoms in total. The number of carboxylic acids is 1. The summed E-state index contributed by atoms with van der Waals surface area (Å²) in [6.07, 6.45) is -2.59. The highest BCUT2D eigenvalue weighted by atomic mass is 79.9. The third kappa shape index (κ3) is 2.40. The minimum atomic E-state index is -2.59. The summed E-state index contributed by atoms with van der Waals surface area (Å²) in [6.45, 7) is 0. The van der Waals surface area contributed by atoms with E-state index in [2.05, 4.69) is 21.1 Å². The molecule has 0 fully saturated rings. The second-order valence-corrected chi connectivity index (χ2v) is 4.27. The summed E-state index contributed by atoms with van der Waals surface area (Å²) in [7, 11) is 0. The van der Waals surface area contributed by atoms with Crippen molar-refractivity contribution in [3.05, 3.63) is 40.0 Å². The number of aromatic carboxylic acids is 1. The van der Waals surface area contributed by atoms with Crippen LogP contribution >= 0.6 is 15.9 Å². The minimum absolute atomic E-state index is 0.142. The zero-order valence-corrected chi connectivity index (χ0v) is 10.3. The fraction of sp³-hybridized carbons (Fsp3) is 0.0909. The van der Waals surface area contributed by atoms with Gasteiger partial charge in [0.15, 0.2) is 11.5 Å². The van der Waals surface area contributed by atoms with Crippen molar-refractivity contribution in [1.29, 1.82) is 0 Å². The Kier molecular flexibility index (Phi) is 3.42. The molecule has 0 saturated heterocycles. The molecule has 1 aromatic heterocycles. The molecule has 7 heteroatoms. The van der Waals surface area contributed by atoms with Gasteiger partial charge in [-0.05, 0) is 6.07 Å². The number of carbonyl (C=O) groups is 1. The van der Waals surface area contributed by atoms with E-state index in [1.807, 2.05) is 0 Å². The molecule has 18 heavy (non-hydrogen) atoms. The molecule has 0 atom stereocenters. The number of carboxylic acid groups (broad SMARTS) is 1. The molecule has 0 saturated carbocycles. The fourth-order valence-corrected chi connectivity index (χ4v) is 1.92. The molecule has 94 valence electrons. The van der Waals surface area contributed by atoms with Gasteiger partial charge >= 0.3 is 5.97 Å². The second-order valence-electron chi connectivity index (χ2n) is 3.42. The van der Waals surface area contributed by atoms with Gasteiger partial charge in [-0.1, -0.05) is 33.2 Å². The van der Waals surface area contributed by atoms with Crippen LogP contribution in [0.25, 0.3) is 11.3 Å². The molecule has 1 aromatic carbocycles. The molecule has 0 aliphatic heterocycles. The number of alkyl halides is 2. The van der Waals surface area contributed by atoms with Crippen LogP contribution in [-0.2, 0) is 0 Å². The summed E-state index contributed by atoms with van der Waals surface area (Å²) in [5, 5.41) is 12.0. The smallest absolute Gasteiger partial charge is 0.358 e. The normalized spacial score (nSPS) is 10.9. The molecule has 2 aromatic rings. The SMILES string of the molecule is O=C(O)c1cc(-c2ccc(C(F)F)c(Br)c2)on1. The average Bonchev–Trinajstić information content (AvgIpc) is 2.77. The Balaban J connectivity index is 2.39. The van der Waals surface area contributed by atoms with Crippen LogP contribution in [0, 0.1) is 0 Å². The van der Waals surface area contributed by atoms with Gasteiger partial charge in [-0.15, -0.1) is 0 Å². The molecule has 0 radical (unpaired) electrons. The molecule has 0 amide bonds. The maximum absolute atomic E-state index is 12.5. The Hall–Kier alpha value is -1.76. The van der Waals surface area contributed by atoms with Crippen LogP contribution in [0.5, 0.6) is 0 Å². The van der Waals surface area contributed by atoms with Gasteiger partial charge in [-0.3, -0.25) is 0 Å². The fourth-order valence-electron chi connectivity index (χ4n) is 1.37. The van der Waals surface area contributed by atoms with Gasteiger partial charge in [0.05, 0.1) is 0 Å². The number of hydrogen-bond acceptors (Lipinski definition) is 3. The van der Waals surface area contributed by atoms with Gasteiger partial charge < -0.3 is 9.63 Å². The predicted molar refractivity (Wildman–Crippen MR) is 61.6 cm³/mol. The third-order valence-electron chi connectivity index (χ3n) is 2.25. The Labute approximate surface area is 108 Å². The summed E-state index contributed by atoms with van der Waals surface area (Å²) in [5.74, 6) is -1.01. The van der Waals surface area contributed by atoms with E-state index in [1.54, 1.807) is 0 Å². The first-order chi connectivity index (χ1) is 8.49. The number of hydrogen-bond donors (Lipinski definition) is 1. The van der Waals surface area contributed by atoms with Crippen molar-refractivity contribution in [1.82, 2.24) is 5.16 Å². The standard InChI is InChI=1S/C11H6BrF2NO3/c12-7-3-5(1-2-6(7)10(13)14)9-4-8(11(16)17)15-18-9/h1-4,10H,(H,16,17). The lowest BCUT2D eigenvalue weighted by atomic mass is 10.1. The predicted octanol–water partition coefficient (Wildman–Crippen LogP) is 3.74. The summed E-state index contributed by atoms with van der Waals surface area (Å²) < 4.78 is 30.1. The largest absolute Gasteiger partial charge is 0.476 e. The van der Waals surface area contributed by atoms with Crippen molar-refractivity contribution in [3.63, 3.8) is 0 Å². The zero-order valence-electron chi connectivity index (χ0n) is 8.73. The summed E-state index contributed by atoms with van der Waals surface area (Å²) in [4.78, 5) is 10.6. The van der Waals surface area contributed by atoms with Crippen LogP contribution in [0.15, 0.2) is 33.3 Å². The first kappa shape index (κ1) is 12.7. The number of rotatable bonds is 3. The van der Waals surface area contributed by atoms with Crippen LogP contribution in [0.1, 0.15) is 22.5 Å². The van der Waals surface area contributed by atoms with Gasteiger partial charge in [0.2, 0.25) is 0 Å². The number of nitrogens with zero attached hydrogens (tertiary/aromatic N) is 1. The minimum Gasteiger partial charge on any atom is -0.476 e. The number of benzene rings is 1. The Morgan fingerprint density at radius 3 is 2.61 bits per heavy atom. The van der Waals surface area contributed by atoms with Crippen LogP contribution in [0.2, 0.25) is 0 Å². The van der Waals surface area contributed by atoms with Crippen LogP contribution in [0.3, 0.4) is 0 Å². The lowest BCUT2D eigenvalue weighted by molar-refractivity contribution is 0.0685. The third-order valence-corrected chi connectivity index (χ3v) is 2.94. The second kappa shape index (κ2) is 4.85. The van der Waals surface area contributed by atoms with E-state index >= 15 is 0 Å². The lowest BCUT2D eigenvalue weighted by Gasteiger charge is -2.04. The molecule has 1 N–H and O–H groups in total. The van der Waals surface area contributed by atoms with Crippen molar-refractivity contribution < 1.29 is 23.2 Å². The van der Waals surface area contributed by atoms with Gasteiger partial charge in [0, 0.05) is 21.7 Å². The van der Waals surface area contributed by atoms with E-state index in [4.69, 9.17) is 9.63 Å². The Bertz CT molecular complexity index is 598. The van der Waals surface area contributed by atoms with E-state index in [-0.39, 0.29) is 21.5 Å². The zero-order chi connectivity index (χ0) is 13.3. The van der Waals surface area contributed by atoms with E-state index in [0.717, 1.165) is 0 Å². The van der Waals surface area contributed by atoms with Gasteiger partial charge in [-0.25, -0.2) is 13.6 Å². The van der Waals surface area contributed by atoms with E-state index in [9.17, 15) is 13.6 Å². The first-order valence-corrected chi connectivity index (χ1v) is 5.56. The lowest BCUT2D eigenvalue weighted by Crippen LogP contribution is -1.94. The summed E-state index contributed by atoms with van der Waals surface area (Å²) >= 11 is 3.02. The average molecular weight is 318 g/mol. The van der Waals surface area contributed by atoms with Crippen molar-refractivity contribution >= 4 is 21.9 Å². The van der Waals surface area contributed by atoms with Crippen LogP contribution in [0.4, 0.5) is 8.78 Å². The summed E-state index contributed by atoms with van der Waals surface area (Å²) in [5.41, 5.74) is 0.0852. The molecule has 2 rings (SSSR count). The van der Waals surface area contributed by atoms with E-state index in [1.165, 1.54) is 24.3 Å². The summed E-state index contributed by atoms with van der Waals surface area (Å²) in [6, 6.07) is 5.31. The molecule has 0 bridgehead atoms. The molecular formula is C11H6BrF2NO3. The van der Waals surface area contributed by atoms with Gasteiger partial charge in [0.1, 0.15) is 0 Å². The molecule has 0 aliphatic carbocycles. The Morgan fingerprint density at radius 2 is 2.11 bits per heavy atom. The van der Waals surface area contributed by atoms with Gasteiger partial charge in [-0.2, -0.15) is 0 Å². The first-order valence-electron chi connectivity index (χ1n) is 4.77. The Morgan fingerprint density at radius 1 is 1.39 bits per heavy atom.